The molecule has 0 radical (unpaired) electrons. The average molecular weight is 278 g/mol. The van der Waals surface area contributed by atoms with Crippen LogP contribution in [0, 0.1) is 0 Å². The molecule has 0 atom stereocenters. The molecule has 6 heteroatoms. The van der Waals surface area contributed by atoms with Crippen molar-refractivity contribution in [2.45, 2.75) is 52.5 Å². The van der Waals surface area contributed by atoms with E-state index in [1.807, 2.05) is 20.8 Å². The lowest BCUT2D eigenvalue weighted by molar-refractivity contribution is -0.137. The minimum absolute atomic E-state index is 0.229. The summed E-state index contributed by atoms with van der Waals surface area (Å²) < 4.78 is 17.1. The minimum atomic E-state index is -2.52. The van der Waals surface area contributed by atoms with Gasteiger partial charge < -0.3 is 18.4 Å². The predicted molar refractivity (Wildman–Crippen MR) is 71.5 cm³/mol. The summed E-state index contributed by atoms with van der Waals surface area (Å²) in [6.07, 6.45) is 2.68. The van der Waals surface area contributed by atoms with Crippen molar-refractivity contribution < 1.29 is 23.2 Å². The van der Waals surface area contributed by atoms with Crippen molar-refractivity contribution in [1.29, 1.82) is 0 Å². The Balaban J connectivity index is 4.08. The van der Waals surface area contributed by atoms with Gasteiger partial charge in [0.25, 0.3) is 0 Å². The molecule has 0 saturated heterocycles. The van der Waals surface area contributed by atoms with E-state index in [2.05, 4.69) is 0 Å². The molecule has 1 N–H and O–H groups in total. The zero-order valence-electron chi connectivity index (χ0n) is 11.7. The lowest BCUT2D eigenvalue weighted by atomic mass is 10.2. The van der Waals surface area contributed by atoms with E-state index in [0.717, 1.165) is 18.9 Å². The molecule has 18 heavy (non-hydrogen) atoms. The monoisotopic (exact) mass is 278 g/mol. The molecule has 0 saturated carbocycles. The SMILES string of the molecule is CCO[Si](CCCCCC(=O)O)(OCC)OCC. The molecular weight excluding hydrogens is 252 g/mol. The van der Waals surface area contributed by atoms with Gasteiger partial charge in [0.05, 0.1) is 0 Å². The topological polar surface area (TPSA) is 65.0 Å². The summed E-state index contributed by atoms with van der Waals surface area (Å²) in [7, 11) is -2.52. The van der Waals surface area contributed by atoms with Gasteiger partial charge in [-0.05, 0) is 33.6 Å². The van der Waals surface area contributed by atoms with E-state index >= 15 is 0 Å². The molecule has 0 rings (SSSR count). The molecular formula is C12H26O5Si. The van der Waals surface area contributed by atoms with Gasteiger partial charge in [-0.2, -0.15) is 0 Å². The Labute approximate surface area is 111 Å². The maximum atomic E-state index is 10.4. The first-order chi connectivity index (χ1) is 8.60. The lowest BCUT2D eigenvalue weighted by Crippen LogP contribution is -2.45. The number of unbranched alkanes of at least 4 members (excludes halogenated alkanes) is 2. The Kier molecular flexibility index (Phi) is 10.2. The van der Waals surface area contributed by atoms with Gasteiger partial charge in [-0.15, -0.1) is 0 Å². The summed E-state index contributed by atoms with van der Waals surface area (Å²) in [6, 6.07) is 0.766. The summed E-state index contributed by atoms with van der Waals surface area (Å²) in [5.74, 6) is -0.738. The van der Waals surface area contributed by atoms with Crippen molar-refractivity contribution >= 4 is 14.8 Å². The first-order valence-electron chi connectivity index (χ1n) is 6.73. The molecule has 0 unspecified atom stereocenters. The minimum Gasteiger partial charge on any atom is -0.481 e. The predicted octanol–water partition coefficient (Wildman–Crippen LogP) is 2.68. The van der Waals surface area contributed by atoms with Gasteiger partial charge in [0.2, 0.25) is 0 Å². The van der Waals surface area contributed by atoms with E-state index in [0.29, 0.717) is 26.2 Å². The van der Waals surface area contributed by atoms with E-state index < -0.39 is 14.8 Å². The van der Waals surface area contributed by atoms with Crippen LogP contribution in [0.5, 0.6) is 0 Å². The quantitative estimate of drug-likeness (QED) is 0.439. The fourth-order valence-electron chi connectivity index (χ4n) is 1.80. The summed E-state index contributed by atoms with van der Waals surface area (Å²) in [6.45, 7) is 7.56. The van der Waals surface area contributed by atoms with Crippen LogP contribution in [0.3, 0.4) is 0 Å². The average Bonchev–Trinajstić information content (AvgIpc) is 2.29. The molecule has 0 aliphatic rings. The van der Waals surface area contributed by atoms with Crippen LogP contribution in [0.4, 0.5) is 0 Å². The van der Waals surface area contributed by atoms with Gasteiger partial charge in [0.1, 0.15) is 0 Å². The molecule has 0 aromatic rings. The fraction of sp³-hybridized carbons (Fsp3) is 0.917. The van der Waals surface area contributed by atoms with E-state index in [9.17, 15) is 4.79 Å². The Morgan fingerprint density at radius 3 is 1.83 bits per heavy atom. The second kappa shape index (κ2) is 10.5. The summed E-state index contributed by atoms with van der Waals surface area (Å²) in [5, 5.41) is 8.56. The first kappa shape index (κ1) is 17.6. The number of hydrogen-bond acceptors (Lipinski definition) is 4. The number of rotatable bonds is 12. The van der Waals surface area contributed by atoms with Crippen molar-refractivity contribution in [3.8, 4) is 0 Å². The van der Waals surface area contributed by atoms with E-state index in [1.165, 1.54) is 0 Å². The van der Waals surface area contributed by atoms with Gasteiger partial charge in [0, 0.05) is 32.3 Å². The van der Waals surface area contributed by atoms with E-state index in [4.69, 9.17) is 18.4 Å². The first-order valence-corrected chi connectivity index (χ1v) is 8.67. The number of carbonyl (C=O) groups is 1. The van der Waals surface area contributed by atoms with E-state index in [1.54, 1.807) is 0 Å². The third kappa shape index (κ3) is 7.81. The summed E-state index contributed by atoms with van der Waals surface area (Å²) in [5.41, 5.74) is 0. The molecule has 0 amide bonds. The fourth-order valence-corrected chi connectivity index (χ4v) is 4.48. The number of aliphatic carboxylic acids is 1. The molecule has 0 aliphatic heterocycles. The van der Waals surface area contributed by atoms with Gasteiger partial charge in [-0.3, -0.25) is 4.79 Å². The molecule has 0 fully saturated rings. The van der Waals surface area contributed by atoms with Crippen molar-refractivity contribution in [2.24, 2.45) is 0 Å². The van der Waals surface area contributed by atoms with Crippen molar-refractivity contribution in [1.82, 2.24) is 0 Å². The Hall–Kier alpha value is -0.433. The third-order valence-electron chi connectivity index (χ3n) is 2.47. The standard InChI is InChI=1S/C12H26O5Si/c1-4-15-18(16-5-2,17-6-3)11-9-7-8-10-12(13)14/h4-11H2,1-3H3,(H,13,14). The smallest absolute Gasteiger partial charge is 0.481 e. The number of carboxylic acid groups (broad SMARTS) is 1. The van der Waals surface area contributed by atoms with Crippen LogP contribution in [-0.2, 0) is 18.1 Å². The maximum Gasteiger partial charge on any atom is 0.500 e. The van der Waals surface area contributed by atoms with Crippen molar-refractivity contribution in [3.05, 3.63) is 0 Å². The Bertz CT molecular complexity index is 205. The van der Waals surface area contributed by atoms with Crippen LogP contribution < -0.4 is 0 Å². The molecule has 108 valence electrons. The molecule has 0 aromatic heterocycles. The molecule has 0 aliphatic carbocycles. The molecule has 0 heterocycles. The molecule has 5 nitrogen and oxygen atoms in total. The number of hydrogen-bond donors (Lipinski definition) is 1. The third-order valence-corrected chi connectivity index (χ3v) is 5.62. The largest absolute Gasteiger partial charge is 0.500 e. The summed E-state index contributed by atoms with van der Waals surface area (Å²) >= 11 is 0. The highest BCUT2D eigenvalue weighted by molar-refractivity contribution is 6.60. The van der Waals surface area contributed by atoms with Crippen molar-refractivity contribution in [3.63, 3.8) is 0 Å². The van der Waals surface area contributed by atoms with Crippen LogP contribution in [0.25, 0.3) is 0 Å². The van der Waals surface area contributed by atoms with Crippen LogP contribution in [0.1, 0.15) is 46.5 Å². The van der Waals surface area contributed by atoms with Crippen LogP contribution in [0.2, 0.25) is 6.04 Å². The highest BCUT2D eigenvalue weighted by Gasteiger charge is 2.39. The van der Waals surface area contributed by atoms with E-state index in [-0.39, 0.29) is 6.42 Å². The highest BCUT2D eigenvalue weighted by Crippen LogP contribution is 2.20. The van der Waals surface area contributed by atoms with Crippen LogP contribution >= 0.6 is 0 Å². The summed E-state index contributed by atoms with van der Waals surface area (Å²) in [4.78, 5) is 10.4. The zero-order chi connectivity index (χ0) is 13.9. The van der Waals surface area contributed by atoms with Crippen LogP contribution in [0.15, 0.2) is 0 Å². The second-order valence-electron chi connectivity index (χ2n) is 3.94. The van der Waals surface area contributed by atoms with Gasteiger partial charge in [-0.1, -0.05) is 6.42 Å². The second-order valence-corrected chi connectivity index (χ2v) is 6.67. The highest BCUT2D eigenvalue weighted by atomic mass is 28.4. The normalized spacial score (nSPS) is 11.7. The zero-order valence-corrected chi connectivity index (χ0v) is 12.7. The lowest BCUT2D eigenvalue weighted by Gasteiger charge is -2.28. The molecule has 0 bridgehead atoms. The van der Waals surface area contributed by atoms with Gasteiger partial charge in [0.15, 0.2) is 0 Å². The maximum absolute atomic E-state index is 10.4. The Morgan fingerprint density at radius 2 is 1.44 bits per heavy atom. The molecule has 0 spiro atoms. The van der Waals surface area contributed by atoms with Gasteiger partial charge in [-0.25, -0.2) is 0 Å². The number of carboxylic acids is 1. The Morgan fingerprint density at radius 1 is 0.944 bits per heavy atom. The van der Waals surface area contributed by atoms with Crippen LogP contribution in [-0.4, -0.2) is 39.7 Å². The van der Waals surface area contributed by atoms with Crippen molar-refractivity contribution in [2.75, 3.05) is 19.8 Å². The van der Waals surface area contributed by atoms with Gasteiger partial charge >= 0.3 is 14.8 Å². The molecule has 0 aromatic carbocycles.